The molecule has 0 fully saturated rings. The van der Waals surface area contributed by atoms with E-state index in [4.69, 9.17) is 9.97 Å². The number of carbonyl (C=O) groups excluding carboxylic acids is 1. The number of aromatic nitrogens is 2. The first-order chi connectivity index (χ1) is 15.7. The number of rotatable bonds is 5. The van der Waals surface area contributed by atoms with Gasteiger partial charge in [0.1, 0.15) is 11.6 Å². The van der Waals surface area contributed by atoms with Gasteiger partial charge in [-0.1, -0.05) is 42.5 Å². The highest BCUT2D eigenvalue weighted by molar-refractivity contribution is 7.09. The number of amides is 1. The fourth-order valence-corrected chi connectivity index (χ4v) is 4.94. The third-order valence-corrected chi connectivity index (χ3v) is 6.57. The Kier molecular flexibility index (Phi) is 5.73. The molecule has 0 saturated heterocycles. The number of benzene rings is 2. The first-order valence-corrected chi connectivity index (χ1v) is 11.8. The van der Waals surface area contributed by atoms with Gasteiger partial charge < -0.3 is 10.2 Å². The molecule has 6 nitrogen and oxygen atoms in total. The molecule has 7 heteroatoms. The van der Waals surface area contributed by atoms with E-state index in [0.717, 1.165) is 53.8 Å². The van der Waals surface area contributed by atoms with Crippen LogP contribution in [0.4, 0.5) is 17.6 Å². The molecule has 3 heterocycles. The van der Waals surface area contributed by atoms with E-state index in [-0.39, 0.29) is 5.91 Å². The lowest BCUT2D eigenvalue weighted by atomic mass is 10.1. The van der Waals surface area contributed by atoms with Crippen molar-refractivity contribution in [2.75, 3.05) is 29.1 Å². The SMILES string of the molecule is CN1CCCCc2c(NCc3ccccc3)nc(NC(=O)c3cccc4cscc34)nc21. The summed E-state index contributed by atoms with van der Waals surface area (Å²) >= 11 is 1.59. The number of hydrogen-bond donors (Lipinski definition) is 2. The minimum atomic E-state index is -0.195. The van der Waals surface area contributed by atoms with Crippen LogP contribution in [0.25, 0.3) is 10.8 Å². The van der Waals surface area contributed by atoms with Gasteiger partial charge in [-0.2, -0.15) is 21.3 Å². The van der Waals surface area contributed by atoms with Crippen LogP contribution < -0.4 is 15.5 Å². The van der Waals surface area contributed by atoms with Crippen LogP contribution in [0.15, 0.2) is 59.3 Å². The topological polar surface area (TPSA) is 70.2 Å². The maximum absolute atomic E-state index is 13.1. The minimum absolute atomic E-state index is 0.195. The maximum Gasteiger partial charge on any atom is 0.258 e. The van der Waals surface area contributed by atoms with Crippen LogP contribution in [0.2, 0.25) is 0 Å². The monoisotopic (exact) mass is 443 g/mol. The van der Waals surface area contributed by atoms with Crippen LogP contribution >= 0.6 is 11.3 Å². The molecule has 1 amide bonds. The van der Waals surface area contributed by atoms with E-state index in [1.54, 1.807) is 11.3 Å². The van der Waals surface area contributed by atoms with Crippen molar-refractivity contribution in [2.24, 2.45) is 0 Å². The molecule has 2 N–H and O–H groups in total. The molecule has 32 heavy (non-hydrogen) atoms. The lowest BCUT2D eigenvalue weighted by molar-refractivity contribution is 0.102. The zero-order valence-corrected chi connectivity index (χ0v) is 18.8. The third-order valence-electron chi connectivity index (χ3n) is 5.81. The Morgan fingerprint density at radius 1 is 1.06 bits per heavy atom. The summed E-state index contributed by atoms with van der Waals surface area (Å²) in [5.41, 5.74) is 2.92. The molecular formula is C25H25N5OS. The van der Waals surface area contributed by atoms with E-state index in [1.807, 2.05) is 47.2 Å². The molecule has 4 aromatic rings. The number of nitrogens with one attached hydrogen (secondary N) is 2. The van der Waals surface area contributed by atoms with Crippen molar-refractivity contribution in [1.82, 2.24) is 9.97 Å². The standard InChI is InChI=1S/C25H25N5OS/c1-30-13-6-5-11-20-22(26-14-17-8-3-2-4-9-17)27-25(28-23(20)30)29-24(31)19-12-7-10-18-15-32-16-21(18)19/h2-4,7-10,12,15-16H,5-6,11,13-14H2,1H3,(H2,26,27,28,29,31). The molecule has 0 radical (unpaired) electrons. The molecule has 1 aliphatic rings. The number of anilines is 3. The summed E-state index contributed by atoms with van der Waals surface area (Å²) in [5, 5.41) is 12.5. The van der Waals surface area contributed by atoms with Crippen LogP contribution in [0.1, 0.15) is 34.3 Å². The van der Waals surface area contributed by atoms with Gasteiger partial charge in [-0.15, -0.1) is 0 Å². The van der Waals surface area contributed by atoms with Crippen LogP contribution in [0, 0.1) is 0 Å². The summed E-state index contributed by atoms with van der Waals surface area (Å²) in [5.74, 6) is 1.80. The fraction of sp³-hybridized carbons (Fsp3) is 0.240. The molecule has 2 aromatic carbocycles. The molecular weight excluding hydrogens is 418 g/mol. The minimum Gasteiger partial charge on any atom is -0.366 e. The number of thiophene rings is 1. The molecule has 5 rings (SSSR count). The largest absolute Gasteiger partial charge is 0.366 e. The van der Waals surface area contributed by atoms with Gasteiger partial charge in [0.15, 0.2) is 0 Å². The van der Waals surface area contributed by atoms with Crippen LogP contribution in [0.3, 0.4) is 0 Å². The first kappa shape index (κ1) is 20.5. The smallest absolute Gasteiger partial charge is 0.258 e. The summed E-state index contributed by atoms with van der Waals surface area (Å²) in [4.78, 5) is 24.8. The van der Waals surface area contributed by atoms with Gasteiger partial charge in [-0.3, -0.25) is 10.1 Å². The highest BCUT2D eigenvalue weighted by Crippen LogP contribution is 2.31. The highest BCUT2D eigenvalue weighted by atomic mass is 32.1. The van der Waals surface area contributed by atoms with Gasteiger partial charge in [-0.25, -0.2) is 0 Å². The Balaban J connectivity index is 1.47. The summed E-state index contributed by atoms with van der Waals surface area (Å²) in [6, 6.07) is 16.0. The van der Waals surface area contributed by atoms with Crippen molar-refractivity contribution in [1.29, 1.82) is 0 Å². The van der Waals surface area contributed by atoms with Crippen molar-refractivity contribution >= 4 is 45.6 Å². The summed E-state index contributed by atoms with van der Waals surface area (Å²) in [7, 11) is 2.05. The Morgan fingerprint density at radius 2 is 1.94 bits per heavy atom. The van der Waals surface area contributed by atoms with E-state index in [9.17, 15) is 4.79 Å². The Hall–Kier alpha value is -3.45. The van der Waals surface area contributed by atoms with E-state index in [0.29, 0.717) is 18.1 Å². The lowest BCUT2D eigenvalue weighted by Gasteiger charge is -2.21. The van der Waals surface area contributed by atoms with Crippen molar-refractivity contribution < 1.29 is 4.79 Å². The normalized spacial score (nSPS) is 13.5. The van der Waals surface area contributed by atoms with Crippen molar-refractivity contribution in [2.45, 2.75) is 25.8 Å². The zero-order valence-electron chi connectivity index (χ0n) is 18.0. The van der Waals surface area contributed by atoms with Crippen LogP contribution in [-0.4, -0.2) is 29.5 Å². The average Bonchev–Trinajstić information content (AvgIpc) is 3.22. The quantitative estimate of drug-likeness (QED) is 0.436. The van der Waals surface area contributed by atoms with Gasteiger partial charge >= 0.3 is 0 Å². The van der Waals surface area contributed by atoms with Gasteiger partial charge in [-0.05, 0) is 47.0 Å². The number of carbonyl (C=O) groups is 1. The van der Waals surface area contributed by atoms with E-state index < -0.39 is 0 Å². The molecule has 0 bridgehead atoms. The first-order valence-electron chi connectivity index (χ1n) is 10.8. The number of nitrogens with zero attached hydrogens (tertiary/aromatic N) is 3. The molecule has 0 atom stereocenters. The number of fused-ring (bicyclic) bond motifs is 2. The lowest BCUT2D eigenvalue weighted by Crippen LogP contribution is -2.22. The molecule has 0 aliphatic carbocycles. The van der Waals surface area contributed by atoms with Gasteiger partial charge in [0.25, 0.3) is 5.91 Å². The third kappa shape index (κ3) is 4.16. The Morgan fingerprint density at radius 3 is 2.81 bits per heavy atom. The van der Waals surface area contributed by atoms with Gasteiger partial charge in [0, 0.05) is 36.7 Å². The predicted molar refractivity (Wildman–Crippen MR) is 132 cm³/mol. The Labute approximate surface area is 191 Å². The summed E-state index contributed by atoms with van der Waals surface area (Å²) in [6.45, 7) is 1.60. The number of hydrogen-bond acceptors (Lipinski definition) is 6. The molecule has 0 unspecified atom stereocenters. The molecule has 2 aromatic heterocycles. The maximum atomic E-state index is 13.1. The second-order valence-electron chi connectivity index (χ2n) is 8.05. The van der Waals surface area contributed by atoms with E-state index in [2.05, 4.69) is 34.7 Å². The van der Waals surface area contributed by atoms with Crippen molar-refractivity contribution in [3.8, 4) is 0 Å². The molecule has 162 valence electrons. The second-order valence-corrected chi connectivity index (χ2v) is 8.79. The predicted octanol–water partition coefficient (Wildman–Crippen LogP) is 5.33. The van der Waals surface area contributed by atoms with Crippen LogP contribution in [0.5, 0.6) is 0 Å². The molecule has 0 spiro atoms. The summed E-state index contributed by atoms with van der Waals surface area (Å²) in [6.07, 6.45) is 3.11. The fourth-order valence-electron chi connectivity index (χ4n) is 4.12. The molecule has 1 aliphatic heterocycles. The molecule has 0 saturated carbocycles. The summed E-state index contributed by atoms with van der Waals surface area (Å²) < 4.78 is 0. The second kappa shape index (κ2) is 8.96. The van der Waals surface area contributed by atoms with Crippen LogP contribution in [-0.2, 0) is 13.0 Å². The van der Waals surface area contributed by atoms with E-state index in [1.165, 1.54) is 5.56 Å². The Bertz CT molecular complexity index is 1250. The van der Waals surface area contributed by atoms with Crippen molar-refractivity contribution in [3.05, 3.63) is 76.0 Å². The van der Waals surface area contributed by atoms with Gasteiger partial charge in [0.2, 0.25) is 5.95 Å². The van der Waals surface area contributed by atoms with E-state index >= 15 is 0 Å². The van der Waals surface area contributed by atoms with Crippen molar-refractivity contribution in [3.63, 3.8) is 0 Å². The zero-order chi connectivity index (χ0) is 21.9. The van der Waals surface area contributed by atoms with Gasteiger partial charge in [0.05, 0.1) is 0 Å². The highest BCUT2D eigenvalue weighted by Gasteiger charge is 2.21. The average molecular weight is 444 g/mol.